The lowest BCUT2D eigenvalue weighted by molar-refractivity contribution is 0.0548. The quantitative estimate of drug-likeness (QED) is 0.748. The first-order valence-electron chi connectivity index (χ1n) is 10.1. The molecule has 5 nitrogen and oxygen atoms in total. The van der Waals surface area contributed by atoms with Crippen LogP contribution in [0.15, 0.2) is 18.3 Å². The maximum absolute atomic E-state index is 12.7. The minimum atomic E-state index is -0.497. The molecule has 0 radical (unpaired) electrons. The van der Waals surface area contributed by atoms with Gasteiger partial charge in [0.25, 0.3) is 0 Å². The Morgan fingerprint density at radius 1 is 1.27 bits per heavy atom. The second-order valence-electron chi connectivity index (χ2n) is 8.58. The molecule has 0 bridgehead atoms. The molecule has 0 spiro atoms. The van der Waals surface area contributed by atoms with Crippen LogP contribution in [-0.2, 0) is 4.74 Å². The Hall–Kier alpha value is -1.62. The number of pyridine rings is 1. The fraction of sp³-hybridized carbons (Fsp3) is 0.714. The molecule has 3 rings (SSSR count). The molecule has 2 fully saturated rings. The van der Waals surface area contributed by atoms with Crippen LogP contribution in [0.3, 0.4) is 0 Å². The van der Waals surface area contributed by atoms with Gasteiger partial charge < -0.3 is 4.74 Å². The topological polar surface area (TPSA) is 45.7 Å². The number of anilines is 1. The zero-order chi connectivity index (χ0) is 18.7. The first-order chi connectivity index (χ1) is 12.4. The van der Waals surface area contributed by atoms with Crippen molar-refractivity contribution in [1.29, 1.82) is 0 Å². The number of carbonyl (C=O) groups excluding carboxylic acids is 1. The molecule has 2 heterocycles. The Morgan fingerprint density at radius 3 is 2.58 bits per heavy atom. The lowest BCUT2D eigenvalue weighted by atomic mass is 9.91. The van der Waals surface area contributed by atoms with Crippen molar-refractivity contribution in [1.82, 2.24) is 9.88 Å². The third kappa shape index (κ3) is 4.37. The highest BCUT2D eigenvalue weighted by Crippen LogP contribution is 2.34. The molecular formula is C21H33N3O2. The third-order valence-corrected chi connectivity index (χ3v) is 5.31. The van der Waals surface area contributed by atoms with Gasteiger partial charge in [-0.25, -0.2) is 9.78 Å². The van der Waals surface area contributed by atoms with Crippen molar-refractivity contribution in [2.45, 2.75) is 83.9 Å². The third-order valence-electron chi connectivity index (χ3n) is 5.31. The Kier molecular flexibility index (Phi) is 5.86. The Bertz CT molecular complexity index is 605. The summed E-state index contributed by atoms with van der Waals surface area (Å²) in [6, 6.07) is 4.83. The van der Waals surface area contributed by atoms with Gasteiger partial charge in [-0.3, -0.25) is 9.80 Å². The number of hydrogen-bond acceptors (Lipinski definition) is 4. The highest BCUT2D eigenvalue weighted by atomic mass is 16.6. The lowest BCUT2D eigenvalue weighted by Crippen LogP contribution is -2.47. The second kappa shape index (κ2) is 7.95. The molecule has 26 heavy (non-hydrogen) atoms. The van der Waals surface area contributed by atoms with Crippen LogP contribution in [0.25, 0.3) is 0 Å². The Morgan fingerprint density at radius 2 is 2.04 bits per heavy atom. The highest BCUT2D eigenvalue weighted by molar-refractivity contribution is 5.87. The number of hydrogen-bond donors (Lipinski definition) is 0. The molecule has 1 saturated carbocycles. The number of rotatable bonds is 5. The molecular weight excluding hydrogens is 326 g/mol. The van der Waals surface area contributed by atoms with Crippen molar-refractivity contribution in [3.63, 3.8) is 0 Å². The van der Waals surface area contributed by atoms with E-state index < -0.39 is 5.60 Å². The maximum atomic E-state index is 12.7. The SMILES string of the molecule is CCCN1CCC[C@@H]1c1ccc(N(C(=O)OC(C)(C)C)C2CCC2)nc1. The number of amides is 1. The molecule has 1 aromatic rings. The van der Waals surface area contributed by atoms with Crippen LogP contribution < -0.4 is 4.90 Å². The van der Waals surface area contributed by atoms with Crippen LogP contribution in [0.4, 0.5) is 10.6 Å². The summed E-state index contributed by atoms with van der Waals surface area (Å²) < 4.78 is 5.63. The van der Waals surface area contributed by atoms with Crippen molar-refractivity contribution in [3.8, 4) is 0 Å². The normalized spacial score (nSPS) is 21.5. The van der Waals surface area contributed by atoms with Crippen LogP contribution in [-0.4, -0.2) is 40.7 Å². The summed E-state index contributed by atoms with van der Waals surface area (Å²) in [7, 11) is 0. The predicted octanol–water partition coefficient (Wildman–Crippen LogP) is 4.92. The largest absolute Gasteiger partial charge is 0.443 e. The molecule has 1 saturated heterocycles. The van der Waals surface area contributed by atoms with E-state index in [4.69, 9.17) is 4.74 Å². The van der Waals surface area contributed by atoms with Crippen molar-refractivity contribution in [2.75, 3.05) is 18.0 Å². The van der Waals surface area contributed by atoms with Gasteiger partial charge in [0.05, 0.1) is 0 Å². The predicted molar refractivity (Wildman–Crippen MR) is 104 cm³/mol. The fourth-order valence-corrected chi connectivity index (χ4v) is 3.88. The van der Waals surface area contributed by atoms with E-state index in [2.05, 4.69) is 22.9 Å². The molecule has 0 N–H and O–H groups in total. The van der Waals surface area contributed by atoms with E-state index in [-0.39, 0.29) is 12.1 Å². The van der Waals surface area contributed by atoms with E-state index in [1.165, 1.54) is 31.4 Å². The van der Waals surface area contributed by atoms with Gasteiger partial charge in [0.15, 0.2) is 0 Å². The van der Waals surface area contributed by atoms with E-state index in [1.807, 2.05) is 33.0 Å². The highest BCUT2D eigenvalue weighted by Gasteiger charge is 2.34. The van der Waals surface area contributed by atoms with Crippen LogP contribution >= 0.6 is 0 Å². The summed E-state index contributed by atoms with van der Waals surface area (Å²) in [5, 5.41) is 0. The van der Waals surface area contributed by atoms with Gasteiger partial charge in [-0.05, 0) is 84.0 Å². The van der Waals surface area contributed by atoms with Crippen molar-refractivity contribution >= 4 is 11.9 Å². The second-order valence-corrected chi connectivity index (χ2v) is 8.58. The van der Waals surface area contributed by atoms with Crippen molar-refractivity contribution in [3.05, 3.63) is 23.9 Å². The molecule has 2 aliphatic rings. The number of aromatic nitrogens is 1. The minimum absolute atomic E-state index is 0.214. The molecule has 1 aliphatic heterocycles. The average Bonchev–Trinajstić information content (AvgIpc) is 2.98. The Balaban J connectivity index is 1.76. The first kappa shape index (κ1) is 19.2. The number of likely N-dealkylation sites (tertiary alicyclic amines) is 1. The van der Waals surface area contributed by atoms with Crippen LogP contribution in [0.1, 0.15) is 77.8 Å². The number of nitrogens with zero attached hydrogens (tertiary/aromatic N) is 3. The standard InChI is InChI=1S/C21H33N3O2/c1-5-13-23-14-7-10-18(23)16-11-12-19(22-15-16)24(17-8-6-9-17)20(25)26-21(2,3)4/h11-12,15,17-18H,5-10,13-14H2,1-4H3/t18-/m1/s1. The molecule has 0 aromatic carbocycles. The summed E-state index contributed by atoms with van der Waals surface area (Å²) in [6.07, 6.45) is 8.51. The van der Waals surface area contributed by atoms with Gasteiger partial charge in [0.1, 0.15) is 11.4 Å². The van der Waals surface area contributed by atoms with E-state index in [0.29, 0.717) is 11.9 Å². The molecule has 1 aromatic heterocycles. The summed E-state index contributed by atoms with van der Waals surface area (Å²) >= 11 is 0. The zero-order valence-electron chi connectivity index (χ0n) is 16.7. The summed E-state index contributed by atoms with van der Waals surface area (Å²) in [4.78, 5) is 21.7. The van der Waals surface area contributed by atoms with Crippen molar-refractivity contribution in [2.24, 2.45) is 0 Å². The van der Waals surface area contributed by atoms with Gasteiger partial charge >= 0.3 is 6.09 Å². The van der Waals surface area contributed by atoms with Crippen molar-refractivity contribution < 1.29 is 9.53 Å². The van der Waals surface area contributed by atoms with Gasteiger partial charge in [-0.2, -0.15) is 0 Å². The molecule has 5 heteroatoms. The average molecular weight is 360 g/mol. The summed E-state index contributed by atoms with van der Waals surface area (Å²) in [5.41, 5.74) is 0.765. The molecule has 1 amide bonds. The Labute approximate surface area is 157 Å². The van der Waals surface area contributed by atoms with E-state index in [0.717, 1.165) is 25.8 Å². The van der Waals surface area contributed by atoms with Gasteiger partial charge in [0, 0.05) is 18.3 Å². The number of ether oxygens (including phenoxy) is 1. The molecule has 1 aliphatic carbocycles. The van der Waals surface area contributed by atoms with E-state index in [1.54, 1.807) is 4.90 Å². The van der Waals surface area contributed by atoms with Gasteiger partial charge in [-0.1, -0.05) is 13.0 Å². The van der Waals surface area contributed by atoms with Crippen LogP contribution in [0, 0.1) is 0 Å². The van der Waals surface area contributed by atoms with Crippen LogP contribution in [0.2, 0.25) is 0 Å². The maximum Gasteiger partial charge on any atom is 0.416 e. The summed E-state index contributed by atoms with van der Waals surface area (Å²) in [6.45, 7) is 10.3. The molecule has 144 valence electrons. The monoisotopic (exact) mass is 359 g/mol. The fourth-order valence-electron chi connectivity index (χ4n) is 3.88. The lowest BCUT2D eigenvalue weighted by Gasteiger charge is -2.37. The number of carbonyl (C=O) groups is 1. The van der Waals surface area contributed by atoms with E-state index in [9.17, 15) is 4.79 Å². The summed E-state index contributed by atoms with van der Waals surface area (Å²) in [5.74, 6) is 0.715. The minimum Gasteiger partial charge on any atom is -0.443 e. The van der Waals surface area contributed by atoms with Crippen LogP contribution in [0.5, 0.6) is 0 Å². The first-order valence-corrected chi connectivity index (χ1v) is 10.1. The smallest absolute Gasteiger partial charge is 0.416 e. The zero-order valence-corrected chi connectivity index (χ0v) is 16.7. The van der Waals surface area contributed by atoms with Gasteiger partial charge in [0.2, 0.25) is 0 Å². The molecule has 1 atom stereocenters. The molecule has 0 unspecified atom stereocenters. The van der Waals surface area contributed by atoms with E-state index >= 15 is 0 Å². The van der Waals surface area contributed by atoms with Gasteiger partial charge in [-0.15, -0.1) is 0 Å².